The van der Waals surface area contributed by atoms with Gasteiger partial charge in [-0.15, -0.1) is 0 Å². The second-order valence-corrected chi connectivity index (χ2v) is 3.13. The second kappa shape index (κ2) is 4.01. The highest BCUT2D eigenvalue weighted by atomic mass is 16.4. The Hall–Kier alpha value is -1.69. The zero-order valence-corrected chi connectivity index (χ0v) is 8.06. The minimum atomic E-state index is -1.09. The molecule has 6 nitrogen and oxygen atoms in total. The Kier molecular flexibility index (Phi) is 2.98. The molecule has 0 fully saturated rings. The van der Waals surface area contributed by atoms with E-state index in [4.69, 9.17) is 10.8 Å². The Bertz CT molecular complexity index is 351. The summed E-state index contributed by atoms with van der Waals surface area (Å²) in [5.41, 5.74) is 5.98. The van der Waals surface area contributed by atoms with Gasteiger partial charge in [-0.05, 0) is 14.1 Å². The number of nitrogen functional groups attached to an aromatic ring is 1. The highest BCUT2D eigenvalue weighted by Gasteiger charge is 2.15. The van der Waals surface area contributed by atoms with Crippen LogP contribution in [0, 0.1) is 0 Å². The maximum atomic E-state index is 10.8. The number of aromatic carboxylic acids is 1. The molecule has 0 aliphatic heterocycles. The van der Waals surface area contributed by atoms with Crippen molar-refractivity contribution in [2.45, 2.75) is 6.54 Å². The molecular weight excluding hydrogens is 184 g/mol. The van der Waals surface area contributed by atoms with Crippen molar-refractivity contribution in [3.63, 3.8) is 0 Å². The molecule has 1 rings (SSSR count). The number of nitrogens with zero attached hydrogens (tertiary/aromatic N) is 3. The van der Waals surface area contributed by atoms with Gasteiger partial charge in [0.15, 0.2) is 5.69 Å². The third kappa shape index (κ3) is 2.17. The molecule has 0 spiro atoms. The van der Waals surface area contributed by atoms with Gasteiger partial charge in [0, 0.05) is 12.1 Å². The van der Waals surface area contributed by atoms with Gasteiger partial charge in [0.2, 0.25) is 0 Å². The van der Waals surface area contributed by atoms with Gasteiger partial charge < -0.3 is 15.7 Å². The first-order valence-electron chi connectivity index (χ1n) is 3.99. The van der Waals surface area contributed by atoms with Crippen LogP contribution in [0.1, 0.15) is 16.1 Å². The summed E-state index contributed by atoms with van der Waals surface area (Å²) >= 11 is 0. The molecule has 1 aromatic heterocycles. The van der Waals surface area contributed by atoms with Crippen molar-refractivity contribution in [1.82, 2.24) is 14.9 Å². The molecule has 0 saturated carbocycles. The molecule has 0 unspecified atom stereocenters. The lowest BCUT2D eigenvalue weighted by Gasteiger charge is -2.12. The lowest BCUT2D eigenvalue weighted by molar-refractivity contribution is 0.0688. The van der Waals surface area contributed by atoms with E-state index in [0.717, 1.165) is 6.33 Å². The molecule has 0 bridgehead atoms. The zero-order valence-electron chi connectivity index (χ0n) is 8.06. The van der Waals surface area contributed by atoms with Crippen LogP contribution in [-0.4, -0.2) is 40.0 Å². The fraction of sp³-hybridized carbons (Fsp3) is 0.375. The molecule has 0 radical (unpaired) electrons. The summed E-state index contributed by atoms with van der Waals surface area (Å²) in [5.74, 6) is -0.873. The molecule has 0 atom stereocenters. The van der Waals surface area contributed by atoms with Gasteiger partial charge in [-0.25, -0.2) is 14.8 Å². The summed E-state index contributed by atoms with van der Waals surface area (Å²) in [6.07, 6.45) is 1.15. The second-order valence-electron chi connectivity index (χ2n) is 3.13. The van der Waals surface area contributed by atoms with Gasteiger partial charge >= 0.3 is 5.97 Å². The van der Waals surface area contributed by atoms with Crippen molar-refractivity contribution < 1.29 is 9.90 Å². The summed E-state index contributed by atoms with van der Waals surface area (Å²) in [6, 6.07) is 0. The SMILES string of the molecule is CN(C)Cc1c(N)ncnc1C(=O)O. The maximum Gasteiger partial charge on any atom is 0.355 e. The predicted molar refractivity (Wildman–Crippen MR) is 50.8 cm³/mol. The largest absolute Gasteiger partial charge is 0.476 e. The average molecular weight is 196 g/mol. The highest BCUT2D eigenvalue weighted by molar-refractivity contribution is 5.88. The van der Waals surface area contributed by atoms with Crippen molar-refractivity contribution in [3.8, 4) is 0 Å². The summed E-state index contributed by atoms with van der Waals surface area (Å²) in [7, 11) is 3.64. The van der Waals surface area contributed by atoms with Gasteiger partial charge in [-0.2, -0.15) is 0 Å². The molecule has 0 aliphatic carbocycles. The molecule has 14 heavy (non-hydrogen) atoms. The minimum absolute atomic E-state index is 0.0359. The van der Waals surface area contributed by atoms with Crippen LogP contribution in [0.5, 0.6) is 0 Å². The van der Waals surface area contributed by atoms with E-state index >= 15 is 0 Å². The van der Waals surface area contributed by atoms with Crippen molar-refractivity contribution >= 4 is 11.8 Å². The first kappa shape index (κ1) is 10.4. The van der Waals surface area contributed by atoms with E-state index in [2.05, 4.69) is 9.97 Å². The number of carboxylic acid groups (broad SMARTS) is 1. The summed E-state index contributed by atoms with van der Waals surface area (Å²) < 4.78 is 0. The van der Waals surface area contributed by atoms with Crippen molar-refractivity contribution in [2.24, 2.45) is 0 Å². The van der Waals surface area contributed by atoms with E-state index < -0.39 is 5.97 Å². The van der Waals surface area contributed by atoms with Crippen LogP contribution in [0.2, 0.25) is 0 Å². The topological polar surface area (TPSA) is 92.3 Å². The molecule has 0 aromatic carbocycles. The molecule has 1 aromatic rings. The van der Waals surface area contributed by atoms with E-state index in [1.165, 1.54) is 0 Å². The van der Waals surface area contributed by atoms with Crippen LogP contribution in [0.15, 0.2) is 6.33 Å². The average Bonchev–Trinajstić information content (AvgIpc) is 2.07. The molecule has 0 saturated heterocycles. The third-order valence-electron chi connectivity index (χ3n) is 1.66. The van der Waals surface area contributed by atoms with Crippen molar-refractivity contribution in [1.29, 1.82) is 0 Å². The van der Waals surface area contributed by atoms with Crippen molar-refractivity contribution in [3.05, 3.63) is 17.6 Å². The van der Waals surface area contributed by atoms with Crippen molar-refractivity contribution in [2.75, 3.05) is 19.8 Å². The Morgan fingerprint density at radius 2 is 2.21 bits per heavy atom. The monoisotopic (exact) mass is 196 g/mol. The zero-order chi connectivity index (χ0) is 10.7. The van der Waals surface area contributed by atoms with Crippen LogP contribution in [0.3, 0.4) is 0 Å². The summed E-state index contributed by atoms with van der Waals surface area (Å²) in [6.45, 7) is 0.411. The highest BCUT2D eigenvalue weighted by Crippen LogP contribution is 2.13. The predicted octanol–water partition coefficient (Wildman–Crippen LogP) is -0.181. The number of hydrogen-bond donors (Lipinski definition) is 2. The number of rotatable bonds is 3. The third-order valence-corrected chi connectivity index (χ3v) is 1.66. The fourth-order valence-electron chi connectivity index (χ4n) is 1.08. The van der Waals surface area contributed by atoms with E-state index in [1.807, 2.05) is 19.0 Å². The Labute approximate surface area is 81.4 Å². The van der Waals surface area contributed by atoms with Crippen LogP contribution in [-0.2, 0) is 6.54 Å². The summed E-state index contributed by atoms with van der Waals surface area (Å²) in [5, 5.41) is 8.84. The van der Waals surface area contributed by atoms with E-state index in [-0.39, 0.29) is 11.5 Å². The van der Waals surface area contributed by atoms with Gasteiger partial charge in [-0.3, -0.25) is 0 Å². The lowest BCUT2D eigenvalue weighted by Crippen LogP contribution is -2.18. The molecule has 3 N–H and O–H groups in total. The molecule has 76 valence electrons. The van der Waals surface area contributed by atoms with Gasteiger partial charge in [0.25, 0.3) is 0 Å². The number of aromatic nitrogens is 2. The van der Waals surface area contributed by atoms with Gasteiger partial charge in [0.1, 0.15) is 12.1 Å². The Morgan fingerprint density at radius 1 is 1.57 bits per heavy atom. The van der Waals surface area contributed by atoms with Gasteiger partial charge in [0.05, 0.1) is 0 Å². The normalized spacial score (nSPS) is 10.5. The fourth-order valence-corrected chi connectivity index (χ4v) is 1.08. The quantitative estimate of drug-likeness (QED) is 0.696. The van der Waals surface area contributed by atoms with Crippen LogP contribution < -0.4 is 5.73 Å². The smallest absolute Gasteiger partial charge is 0.355 e. The first-order chi connectivity index (χ1) is 6.52. The van der Waals surface area contributed by atoms with Crippen LogP contribution >= 0.6 is 0 Å². The molecule has 1 heterocycles. The molecule has 0 amide bonds. The Morgan fingerprint density at radius 3 is 2.71 bits per heavy atom. The summed E-state index contributed by atoms with van der Waals surface area (Å²) in [4.78, 5) is 20.0. The van der Waals surface area contributed by atoms with E-state index in [9.17, 15) is 4.79 Å². The number of anilines is 1. The molecule has 6 heteroatoms. The Balaban J connectivity index is 3.15. The van der Waals surface area contributed by atoms with Gasteiger partial charge in [-0.1, -0.05) is 0 Å². The number of hydrogen-bond acceptors (Lipinski definition) is 5. The number of nitrogens with two attached hydrogens (primary N) is 1. The number of carbonyl (C=O) groups is 1. The van der Waals surface area contributed by atoms with E-state index in [0.29, 0.717) is 12.1 Å². The molecular formula is C8H12N4O2. The lowest BCUT2D eigenvalue weighted by atomic mass is 10.2. The first-order valence-corrected chi connectivity index (χ1v) is 3.99. The minimum Gasteiger partial charge on any atom is -0.476 e. The van der Waals surface area contributed by atoms with E-state index in [1.54, 1.807) is 0 Å². The van der Waals surface area contributed by atoms with Crippen LogP contribution in [0.4, 0.5) is 5.82 Å². The van der Waals surface area contributed by atoms with Crippen LogP contribution in [0.25, 0.3) is 0 Å². The maximum absolute atomic E-state index is 10.8. The standard InChI is InChI=1S/C8H12N4O2/c1-12(2)3-5-6(8(13)14)10-4-11-7(5)9/h4H,3H2,1-2H3,(H,13,14)(H2,9,10,11). The number of carboxylic acids is 1. The molecule has 0 aliphatic rings.